The second kappa shape index (κ2) is 6.17. The summed E-state index contributed by atoms with van der Waals surface area (Å²) in [6.07, 6.45) is 1.35. The minimum absolute atomic E-state index is 0.0371. The fraction of sp³-hybridized carbons (Fsp3) is 0.0714. The molecule has 0 aliphatic carbocycles. The highest BCUT2D eigenvalue weighted by molar-refractivity contribution is 7.10. The Hall–Kier alpha value is -2.38. The summed E-state index contributed by atoms with van der Waals surface area (Å²) in [5, 5.41) is 3.05. The molecule has 3 rings (SSSR count). The van der Waals surface area contributed by atoms with Crippen LogP contribution in [-0.2, 0) is 0 Å². The highest BCUT2D eigenvalue weighted by Crippen LogP contribution is 2.25. The lowest BCUT2D eigenvalue weighted by Gasteiger charge is -2.00. The Bertz CT molecular complexity index is 815. The van der Waals surface area contributed by atoms with Crippen LogP contribution in [0.15, 0.2) is 41.0 Å². The van der Waals surface area contributed by atoms with Gasteiger partial charge in [0.05, 0.1) is 18.9 Å². The molecule has 0 saturated carbocycles. The lowest BCUT2D eigenvalue weighted by atomic mass is 10.2. The first-order valence-electron chi connectivity index (χ1n) is 6.20. The van der Waals surface area contributed by atoms with E-state index in [-0.39, 0.29) is 10.8 Å². The normalized spacial score (nSPS) is 10.5. The average molecular weight is 336 g/mol. The van der Waals surface area contributed by atoms with E-state index in [1.54, 1.807) is 7.11 Å². The van der Waals surface area contributed by atoms with Crippen LogP contribution in [0.25, 0.3) is 11.4 Å². The average Bonchev–Trinajstić information content (AvgIpc) is 3.16. The van der Waals surface area contributed by atoms with E-state index in [2.05, 4.69) is 14.7 Å². The lowest BCUT2D eigenvalue weighted by molar-refractivity contribution is 0.102. The first-order chi connectivity index (χ1) is 10.7. The van der Waals surface area contributed by atoms with Crippen LogP contribution < -0.4 is 10.1 Å². The Labute approximate surface area is 134 Å². The summed E-state index contributed by atoms with van der Waals surface area (Å²) in [6, 6.07) is 8.85. The second-order valence-electron chi connectivity index (χ2n) is 4.22. The summed E-state index contributed by atoms with van der Waals surface area (Å²) in [6.45, 7) is 0. The summed E-state index contributed by atoms with van der Waals surface area (Å²) < 4.78 is 14.3. The molecule has 2 aromatic heterocycles. The first-order valence-corrected chi connectivity index (χ1v) is 7.35. The highest BCUT2D eigenvalue weighted by atomic mass is 35.5. The molecule has 6 nitrogen and oxygen atoms in total. The third-order valence-corrected chi connectivity index (χ3v) is 3.76. The SMILES string of the molecule is COc1cccc(-c2nsc(NC(=O)c3ccoc3Cl)n2)c1. The van der Waals surface area contributed by atoms with Gasteiger partial charge < -0.3 is 9.15 Å². The third kappa shape index (κ3) is 2.95. The minimum Gasteiger partial charge on any atom is -0.497 e. The quantitative estimate of drug-likeness (QED) is 0.786. The van der Waals surface area contributed by atoms with Gasteiger partial charge in [0.2, 0.25) is 10.4 Å². The van der Waals surface area contributed by atoms with Gasteiger partial charge in [0, 0.05) is 17.1 Å². The number of carbonyl (C=O) groups excluding carboxylic acids is 1. The molecular weight excluding hydrogens is 326 g/mol. The number of furan rings is 1. The minimum atomic E-state index is -0.396. The number of halogens is 1. The van der Waals surface area contributed by atoms with Gasteiger partial charge in [-0.1, -0.05) is 12.1 Å². The molecule has 2 heterocycles. The Morgan fingerprint density at radius 3 is 3.00 bits per heavy atom. The summed E-state index contributed by atoms with van der Waals surface area (Å²) in [4.78, 5) is 16.3. The number of hydrogen-bond donors (Lipinski definition) is 1. The predicted octanol–water partition coefficient (Wildman–Crippen LogP) is 3.71. The molecule has 8 heteroatoms. The van der Waals surface area contributed by atoms with Crippen molar-refractivity contribution in [2.75, 3.05) is 12.4 Å². The first kappa shape index (κ1) is 14.6. The number of rotatable bonds is 4. The number of aromatic nitrogens is 2. The van der Waals surface area contributed by atoms with Gasteiger partial charge in [-0.15, -0.1) is 0 Å². The number of carbonyl (C=O) groups is 1. The van der Waals surface area contributed by atoms with Crippen molar-refractivity contribution in [2.45, 2.75) is 0 Å². The van der Waals surface area contributed by atoms with E-state index < -0.39 is 5.91 Å². The third-order valence-electron chi connectivity index (χ3n) is 2.84. The summed E-state index contributed by atoms with van der Waals surface area (Å²) in [5.41, 5.74) is 1.05. The van der Waals surface area contributed by atoms with E-state index in [1.165, 1.54) is 12.3 Å². The van der Waals surface area contributed by atoms with Crippen molar-refractivity contribution in [3.8, 4) is 17.1 Å². The van der Waals surface area contributed by atoms with Crippen LogP contribution in [0.2, 0.25) is 5.22 Å². The molecule has 0 saturated heterocycles. The summed E-state index contributed by atoms with van der Waals surface area (Å²) in [7, 11) is 1.59. The van der Waals surface area contributed by atoms with Crippen molar-refractivity contribution in [3.63, 3.8) is 0 Å². The van der Waals surface area contributed by atoms with Crippen LogP contribution in [0, 0.1) is 0 Å². The maximum absolute atomic E-state index is 12.0. The van der Waals surface area contributed by atoms with Gasteiger partial charge in [-0.2, -0.15) is 9.36 Å². The van der Waals surface area contributed by atoms with Gasteiger partial charge in [-0.3, -0.25) is 10.1 Å². The fourth-order valence-corrected chi connectivity index (χ4v) is 2.56. The Kier molecular flexibility index (Phi) is 4.08. The summed E-state index contributed by atoms with van der Waals surface area (Å²) in [5.74, 6) is 0.827. The molecule has 0 atom stereocenters. The van der Waals surface area contributed by atoms with Crippen molar-refractivity contribution in [3.05, 3.63) is 47.4 Å². The van der Waals surface area contributed by atoms with Crippen molar-refractivity contribution >= 4 is 34.2 Å². The zero-order valence-electron chi connectivity index (χ0n) is 11.4. The van der Waals surface area contributed by atoms with Crippen LogP contribution in [0.4, 0.5) is 5.13 Å². The number of nitrogens with zero attached hydrogens (tertiary/aromatic N) is 2. The maximum atomic E-state index is 12.0. The van der Waals surface area contributed by atoms with Gasteiger partial charge >= 0.3 is 0 Å². The molecule has 22 heavy (non-hydrogen) atoms. The number of amides is 1. The number of hydrogen-bond acceptors (Lipinski definition) is 6. The lowest BCUT2D eigenvalue weighted by Crippen LogP contribution is -2.11. The Morgan fingerprint density at radius 1 is 1.41 bits per heavy atom. The molecule has 0 aliphatic heterocycles. The Balaban J connectivity index is 1.79. The highest BCUT2D eigenvalue weighted by Gasteiger charge is 2.15. The molecule has 1 aromatic carbocycles. The van der Waals surface area contributed by atoms with Crippen LogP contribution in [0.5, 0.6) is 5.75 Å². The number of methoxy groups -OCH3 is 1. The number of benzene rings is 1. The monoisotopic (exact) mass is 335 g/mol. The molecule has 0 fully saturated rings. The van der Waals surface area contributed by atoms with Crippen molar-refractivity contribution in [1.29, 1.82) is 0 Å². The second-order valence-corrected chi connectivity index (χ2v) is 5.31. The molecule has 0 bridgehead atoms. The molecule has 0 unspecified atom stereocenters. The van der Waals surface area contributed by atoms with Gasteiger partial charge in [0.1, 0.15) is 5.75 Å². The summed E-state index contributed by atoms with van der Waals surface area (Å²) >= 11 is 6.84. The molecule has 1 N–H and O–H groups in total. The van der Waals surface area contributed by atoms with Gasteiger partial charge in [0.25, 0.3) is 5.91 Å². The van der Waals surface area contributed by atoms with Crippen molar-refractivity contribution in [2.24, 2.45) is 0 Å². The molecule has 1 amide bonds. The predicted molar refractivity (Wildman–Crippen MR) is 83.6 cm³/mol. The van der Waals surface area contributed by atoms with Crippen LogP contribution in [0.1, 0.15) is 10.4 Å². The van der Waals surface area contributed by atoms with E-state index >= 15 is 0 Å². The van der Waals surface area contributed by atoms with E-state index in [1.807, 2.05) is 24.3 Å². The maximum Gasteiger partial charge on any atom is 0.262 e. The zero-order valence-corrected chi connectivity index (χ0v) is 12.9. The zero-order chi connectivity index (χ0) is 15.5. The molecule has 0 spiro atoms. The molecule has 112 valence electrons. The molecule has 0 aliphatic rings. The van der Waals surface area contributed by atoms with Gasteiger partial charge in [0.15, 0.2) is 5.82 Å². The molecular formula is C14H10ClN3O3S. The van der Waals surface area contributed by atoms with E-state index in [4.69, 9.17) is 20.8 Å². The van der Waals surface area contributed by atoms with Gasteiger partial charge in [-0.25, -0.2) is 0 Å². The van der Waals surface area contributed by atoms with E-state index in [0.29, 0.717) is 16.7 Å². The van der Waals surface area contributed by atoms with Crippen molar-refractivity contribution in [1.82, 2.24) is 9.36 Å². The van der Waals surface area contributed by atoms with E-state index in [9.17, 15) is 4.79 Å². The van der Waals surface area contributed by atoms with Crippen LogP contribution >= 0.6 is 23.1 Å². The number of anilines is 1. The molecule has 3 aromatic rings. The fourth-order valence-electron chi connectivity index (χ4n) is 1.77. The Morgan fingerprint density at radius 2 is 2.27 bits per heavy atom. The largest absolute Gasteiger partial charge is 0.497 e. The topological polar surface area (TPSA) is 77.2 Å². The molecule has 0 radical (unpaired) electrons. The van der Waals surface area contributed by atoms with Crippen LogP contribution in [-0.4, -0.2) is 22.4 Å². The van der Waals surface area contributed by atoms with E-state index in [0.717, 1.165) is 17.1 Å². The van der Waals surface area contributed by atoms with Crippen molar-refractivity contribution < 1.29 is 13.9 Å². The number of nitrogens with one attached hydrogen (secondary N) is 1. The smallest absolute Gasteiger partial charge is 0.262 e. The van der Waals surface area contributed by atoms with Gasteiger partial charge in [-0.05, 0) is 29.8 Å². The number of ether oxygens (including phenoxy) is 1. The van der Waals surface area contributed by atoms with Crippen LogP contribution in [0.3, 0.4) is 0 Å². The standard InChI is InChI=1S/C14H10ClN3O3S/c1-20-9-4-2-3-8(7-9)12-16-14(22-18-12)17-13(19)10-5-6-21-11(10)15/h2-7H,1H3,(H,16,17,18,19).